The molecule has 1 N–H and O–H groups in total. The fourth-order valence-corrected chi connectivity index (χ4v) is 3.73. The van der Waals surface area contributed by atoms with Gasteiger partial charge in [0, 0.05) is 26.2 Å². The van der Waals surface area contributed by atoms with Crippen LogP contribution < -0.4 is 5.32 Å². The lowest BCUT2D eigenvalue weighted by Crippen LogP contribution is -2.43. The van der Waals surface area contributed by atoms with E-state index in [0.717, 1.165) is 0 Å². The van der Waals surface area contributed by atoms with E-state index in [1.165, 1.54) is 51.7 Å². The molecule has 0 aliphatic heterocycles. The summed E-state index contributed by atoms with van der Waals surface area (Å²) in [5, 5.41) is 2.60. The van der Waals surface area contributed by atoms with Crippen LogP contribution in [0.25, 0.3) is 0 Å². The van der Waals surface area contributed by atoms with Gasteiger partial charge in [0.15, 0.2) is 0 Å². The molecule has 0 aromatic heterocycles. The average molecular weight is 423 g/mol. The first-order valence-electron chi connectivity index (χ1n) is 8.73. The van der Waals surface area contributed by atoms with Crippen molar-refractivity contribution in [3.05, 3.63) is 71.0 Å². The number of amides is 1. The lowest BCUT2D eigenvalue weighted by molar-refractivity contribution is -0.142. The summed E-state index contributed by atoms with van der Waals surface area (Å²) in [6, 6.07) is 11.1. The third-order valence-electron chi connectivity index (χ3n) is 4.27. The Hall–Kier alpha value is -2.54. The molecule has 29 heavy (non-hydrogen) atoms. The number of hydrogen-bond donors (Lipinski definition) is 1. The van der Waals surface area contributed by atoms with Gasteiger partial charge in [0.1, 0.15) is 11.9 Å². The highest BCUT2D eigenvalue weighted by Crippen LogP contribution is 2.49. The van der Waals surface area contributed by atoms with Gasteiger partial charge in [-0.1, -0.05) is 24.3 Å². The summed E-state index contributed by atoms with van der Waals surface area (Å²) in [6.07, 6.45) is 0.144. The molecule has 0 aliphatic carbocycles. The lowest BCUT2D eigenvalue weighted by Gasteiger charge is -2.17. The standard InChI is InChI=1S/C20H23FNO6P/c1-26-20(24)18(12-15-5-4-6-17(21)11-15)22-19(23)16-9-7-14(8-10-16)13-29(25,27-2)28-3/h4-11,18H,12-13H2,1-3H3,(H,22,23)/t18-/m0/s1. The van der Waals surface area contributed by atoms with Crippen LogP contribution in [0.4, 0.5) is 4.39 Å². The van der Waals surface area contributed by atoms with Crippen LogP contribution in [0, 0.1) is 5.82 Å². The first kappa shape index (κ1) is 22.7. The van der Waals surface area contributed by atoms with Crippen LogP contribution in [0.3, 0.4) is 0 Å². The molecule has 9 heteroatoms. The summed E-state index contributed by atoms with van der Waals surface area (Å²) in [5.74, 6) is -1.57. The van der Waals surface area contributed by atoms with Crippen molar-refractivity contribution >= 4 is 19.5 Å². The highest BCUT2D eigenvalue weighted by molar-refractivity contribution is 7.52. The van der Waals surface area contributed by atoms with Crippen LogP contribution in [0.15, 0.2) is 48.5 Å². The van der Waals surface area contributed by atoms with Crippen LogP contribution in [0.1, 0.15) is 21.5 Å². The average Bonchev–Trinajstić information content (AvgIpc) is 2.73. The van der Waals surface area contributed by atoms with E-state index in [2.05, 4.69) is 5.32 Å². The Bertz CT molecular complexity index is 894. The number of hydrogen-bond acceptors (Lipinski definition) is 6. The molecule has 0 bridgehead atoms. The van der Waals surface area contributed by atoms with Crippen molar-refractivity contribution < 1.29 is 32.3 Å². The van der Waals surface area contributed by atoms with E-state index in [4.69, 9.17) is 13.8 Å². The Labute approximate surface area is 168 Å². The number of carbonyl (C=O) groups is 2. The number of methoxy groups -OCH3 is 1. The van der Waals surface area contributed by atoms with E-state index in [9.17, 15) is 18.5 Å². The summed E-state index contributed by atoms with van der Waals surface area (Å²) < 4.78 is 40.1. The first-order chi connectivity index (χ1) is 13.8. The van der Waals surface area contributed by atoms with E-state index in [1.54, 1.807) is 18.2 Å². The molecule has 0 saturated carbocycles. The van der Waals surface area contributed by atoms with Crippen LogP contribution in [0.2, 0.25) is 0 Å². The highest BCUT2D eigenvalue weighted by atomic mass is 31.2. The van der Waals surface area contributed by atoms with Gasteiger partial charge in [-0.25, -0.2) is 9.18 Å². The van der Waals surface area contributed by atoms with Gasteiger partial charge < -0.3 is 19.1 Å². The minimum atomic E-state index is -3.22. The topological polar surface area (TPSA) is 90.9 Å². The summed E-state index contributed by atoms with van der Waals surface area (Å²) >= 11 is 0. The Balaban J connectivity index is 2.10. The molecule has 1 amide bonds. The number of carbonyl (C=O) groups excluding carboxylic acids is 2. The van der Waals surface area contributed by atoms with Crippen LogP contribution in [-0.2, 0) is 35.7 Å². The normalized spacial score (nSPS) is 12.3. The number of esters is 1. The lowest BCUT2D eigenvalue weighted by atomic mass is 10.0. The summed E-state index contributed by atoms with van der Waals surface area (Å²) in [4.78, 5) is 24.6. The molecule has 2 aromatic rings. The van der Waals surface area contributed by atoms with Crippen molar-refractivity contribution in [1.82, 2.24) is 5.32 Å². The predicted molar refractivity (Wildman–Crippen MR) is 105 cm³/mol. The molecule has 0 unspecified atom stereocenters. The van der Waals surface area contributed by atoms with E-state index in [1.807, 2.05) is 0 Å². The van der Waals surface area contributed by atoms with Gasteiger partial charge in [-0.05, 0) is 35.4 Å². The zero-order chi connectivity index (χ0) is 21.4. The fourth-order valence-electron chi connectivity index (χ4n) is 2.67. The van der Waals surface area contributed by atoms with Crippen molar-refractivity contribution in [2.75, 3.05) is 21.3 Å². The second kappa shape index (κ2) is 10.3. The molecule has 2 aromatic carbocycles. The maximum Gasteiger partial charge on any atom is 0.334 e. The third kappa shape index (κ3) is 6.49. The molecule has 7 nitrogen and oxygen atoms in total. The molecule has 0 saturated heterocycles. The Morgan fingerprint density at radius 1 is 1.03 bits per heavy atom. The predicted octanol–water partition coefficient (Wildman–Crippen LogP) is 3.33. The first-order valence-corrected chi connectivity index (χ1v) is 10.5. The van der Waals surface area contributed by atoms with Gasteiger partial charge in [0.25, 0.3) is 5.91 Å². The molecule has 0 spiro atoms. The van der Waals surface area contributed by atoms with Gasteiger partial charge in [-0.15, -0.1) is 0 Å². The Morgan fingerprint density at radius 2 is 1.69 bits per heavy atom. The molecular weight excluding hydrogens is 400 g/mol. The number of nitrogens with one attached hydrogen (secondary N) is 1. The second-order valence-electron chi connectivity index (χ2n) is 6.21. The van der Waals surface area contributed by atoms with Gasteiger partial charge in [-0.2, -0.15) is 0 Å². The number of halogens is 1. The van der Waals surface area contributed by atoms with Crippen LogP contribution in [0.5, 0.6) is 0 Å². The fraction of sp³-hybridized carbons (Fsp3) is 0.300. The summed E-state index contributed by atoms with van der Waals surface area (Å²) in [5.41, 5.74) is 1.51. The summed E-state index contributed by atoms with van der Waals surface area (Å²) in [7, 11) is 0.603. The zero-order valence-corrected chi connectivity index (χ0v) is 17.3. The van der Waals surface area contributed by atoms with Gasteiger partial charge >= 0.3 is 13.6 Å². The van der Waals surface area contributed by atoms with Crippen LogP contribution >= 0.6 is 7.60 Å². The zero-order valence-electron chi connectivity index (χ0n) is 16.4. The molecule has 156 valence electrons. The maximum absolute atomic E-state index is 13.4. The van der Waals surface area contributed by atoms with E-state index >= 15 is 0 Å². The molecule has 0 aliphatic rings. The largest absolute Gasteiger partial charge is 0.467 e. The van der Waals surface area contributed by atoms with Gasteiger partial charge in [0.05, 0.1) is 13.3 Å². The molecule has 1 atom stereocenters. The quantitative estimate of drug-likeness (QED) is 0.492. The Morgan fingerprint density at radius 3 is 2.24 bits per heavy atom. The smallest absolute Gasteiger partial charge is 0.334 e. The van der Waals surface area contributed by atoms with Gasteiger partial charge in [-0.3, -0.25) is 9.36 Å². The SMILES string of the molecule is COC(=O)[C@H](Cc1cccc(F)c1)NC(=O)c1ccc(CP(=O)(OC)OC)cc1. The second-order valence-corrected chi connectivity index (χ2v) is 8.48. The number of benzene rings is 2. The summed E-state index contributed by atoms with van der Waals surface area (Å²) in [6.45, 7) is 0. The van der Waals surface area contributed by atoms with Crippen molar-refractivity contribution in [3.63, 3.8) is 0 Å². The highest BCUT2D eigenvalue weighted by Gasteiger charge is 2.24. The van der Waals surface area contributed by atoms with E-state index < -0.39 is 31.3 Å². The molecule has 0 heterocycles. The number of rotatable bonds is 9. The molecule has 0 radical (unpaired) electrons. The maximum atomic E-state index is 13.4. The monoisotopic (exact) mass is 423 g/mol. The molecule has 2 rings (SSSR count). The van der Waals surface area contributed by atoms with E-state index in [-0.39, 0.29) is 12.6 Å². The minimum absolute atomic E-state index is 0.0618. The Kier molecular flexibility index (Phi) is 8.08. The van der Waals surface area contributed by atoms with Gasteiger partial charge in [0.2, 0.25) is 0 Å². The van der Waals surface area contributed by atoms with Crippen molar-refractivity contribution in [1.29, 1.82) is 0 Å². The van der Waals surface area contributed by atoms with Crippen molar-refractivity contribution in [2.45, 2.75) is 18.6 Å². The molecule has 0 fully saturated rings. The molecular formula is C20H23FNO6P. The van der Waals surface area contributed by atoms with Crippen molar-refractivity contribution in [2.24, 2.45) is 0 Å². The van der Waals surface area contributed by atoms with Crippen LogP contribution in [-0.4, -0.2) is 39.2 Å². The third-order valence-corrected chi connectivity index (χ3v) is 6.13. The minimum Gasteiger partial charge on any atom is -0.467 e. The van der Waals surface area contributed by atoms with Crippen molar-refractivity contribution in [3.8, 4) is 0 Å². The number of ether oxygens (including phenoxy) is 1. The van der Waals surface area contributed by atoms with E-state index in [0.29, 0.717) is 16.7 Å².